The predicted octanol–water partition coefficient (Wildman–Crippen LogP) is 2.24. The Morgan fingerprint density at radius 2 is 1.75 bits per heavy atom. The van der Waals surface area contributed by atoms with E-state index in [1.165, 1.54) is 0 Å². The van der Waals surface area contributed by atoms with Gasteiger partial charge in [0, 0.05) is 0 Å². The molecule has 0 amide bonds. The molecular weight excluding hydrogens is 287 g/mol. The second-order valence-corrected chi connectivity index (χ2v) is 7.38. The molecule has 0 bridgehead atoms. The standard InChI is InChI=1S/C8H9IO2S/c1-7(9)12(10,11)8-5-3-2-4-6-8/h2-7H,1H3. The Labute approximate surface area is 86.0 Å². The molecule has 1 aromatic rings. The number of hydrogen-bond acceptors (Lipinski definition) is 2. The first kappa shape index (κ1) is 9.98. The van der Waals surface area contributed by atoms with Crippen molar-refractivity contribution < 1.29 is 8.42 Å². The maximum atomic E-state index is 11.5. The molecule has 0 aliphatic carbocycles. The summed E-state index contributed by atoms with van der Waals surface area (Å²) in [5, 5.41) is 0. The van der Waals surface area contributed by atoms with Crippen LogP contribution in [0, 0.1) is 0 Å². The maximum absolute atomic E-state index is 11.5. The van der Waals surface area contributed by atoms with Crippen molar-refractivity contribution in [3.63, 3.8) is 0 Å². The van der Waals surface area contributed by atoms with E-state index in [0.29, 0.717) is 4.90 Å². The maximum Gasteiger partial charge on any atom is 0.190 e. The molecule has 1 unspecified atom stereocenters. The highest BCUT2D eigenvalue weighted by Gasteiger charge is 2.19. The molecule has 2 nitrogen and oxygen atoms in total. The lowest BCUT2D eigenvalue weighted by Gasteiger charge is -2.04. The number of hydrogen-bond donors (Lipinski definition) is 0. The average molecular weight is 296 g/mol. The fraction of sp³-hybridized carbons (Fsp3) is 0.250. The van der Waals surface area contributed by atoms with Crippen molar-refractivity contribution in [2.24, 2.45) is 0 Å². The van der Waals surface area contributed by atoms with Crippen LogP contribution in [-0.4, -0.2) is 11.7 Å². The molecule has 0 spiro atoms. The molecule has 1 aromatic carbocycles. The van der Waals surface area contributed by atoms with Gasteiger partial charge in [-0.3, -0.25) is 0 Å². The second kappa shape index (κ2) is 3.74. The fourth-order valence-corrected chi connectivity index (χ4v) is 2.59. The van der Waals surface area contributed by atoms with Gasteiger partial charge in [-0.25, -0.2) is 8.42 Å². The van der Waals surface area contributed by atoms with Crippen molar-refractivity contribution in [1.82, 2.24) is 0 Å². The quantitative estimate of drug-likeness (QED) is 0.619. The largest absolute Gasteiger partial charge is 0.223 e. The van der Waals surface area contributed by atoms with Crippen LogP contribution in [0.15, 0.2) is 35.2 Å². The minimum atomic E-state index is -3.09. The third-order valence-electron chi connectivity index (χ3n) is 1.50. The minimum Gasteiger partial charge on any atom is -0.223 e. The van der Waals surface area contributed by atoms with E-state index in [0.717, 1.165) is 0 Å². The van der Waals surface area contributed by atoms with Crippen LogP contribution >= 0.6 is 22.6 Å². The summed E-state index contributed by atoms with van der Waals surface area (Å²) in [6, 6.07) is 8.49. The molecule has 0 aliphatic rings. The van der Waals surface area contributed by atoms with Crippen molar-refractivity contribution in [1.29, 1.82) is 0 Å². The van der Waals surface area contributed by atoms with Crippen molar-refractivity contribution in [2.45, 2.75) is 15.1 Å². The van der Waals surface area contributed by atoms with Crippen molar-refractivity contribution in [3.05, 3.63) is 30.3 Å². The molecule has 0 saturated heterocycles. The molecule has 12 heavy (non-hydrogen) atoms. The molecule has 0 heterocycles. The molecule has 0 fully saturated rings. The zero-order chi connectivity index (χ0) is 9.19. The van der Waals surface area contributed by atoms with Crippen molar-refractivity contribution in [3.8, 4) is 0 Å². The van der Waals surface area contributed by atoms with Crippen LogP contribution in [-0.2, 0) is 9.84 Å². The van der Waals surface area contributed by atoms with Gasteiger partial charge in [-0.2, -0.15) is 0 Å². The number of alkyl halides is 1. The summed E-state index contributed by atoms with van der Waals surface area (Å²) in [6.45, 7) is 1.67. The first-order valence-corrected chi connectivity index (χ1v) is 6.27. The summed E-state index contributed by atoms with van der Waals surface area (Å²) in [5.74, 6) is 0. The molecule has 1 atom stereocenters. The topological polar surface area (TPSA) is 34.1 Å². The van der Waals surface area contributed by atoms with Gasteiger partial charge in [0.15, 0.2) is 9.84 Å². The van der Waals surface area contributed by atoms with E-state index in [9.17, 15) is 8.42 Å². The summed E-state index contributed by atoms with van der Waals surface area (Å²) in [5.41, 5.74) is 0. The summed E-state index contributed by atoms with van der Waals surface area (Å²) >= 11 is 1.90. The molecule has 4 heteroatoms. The third kappa shape index (κ3) is 1.98. The van der Waals surface area contributed by atoms with E-state index in [1.54, 1.807) is 37.3 Å². The third-order valence-corrected chi connectivity index (χ3v) is 5.29. The average Bonchev–Trinajstić information content (AvgIpc) is 2.06. The van der Waals surface area contributed by atoms with Gasteiger partial charge < -0.3 is 0 Å². The van der Waals surface area contributed by atoms with E-state index in [-0.39, 0.29) is 3.26 Å². The zero-order valence-corrected chi connectivity index (χ0v) is 9.54. The van der Waals surface area contributed by atoms with Gasteiger partial charge in [-0.05, 0) is 19.1 Å². The van der Waals surface area contributed by atoms with E-state index in [2.05, 4.69) is 0 Å². The SMILES string of the molecule is CC(I)S(=O)(=O)c1ccccc1. The van der Waals surface area contributed by atoms with E-state index in [1.807, 2.05) is 22.6 Å². The Hall–Kier alpha value is -0.1000. The predicted molar refractivity (Wildman–Crippen MR) is 57.1 cm³/mol. The van der Waals surface area contributed by atoms with E-state index in [4.69, 9.17) is 0 Å². The molecule has 0 N–H and O–H groups in total. The summed E-state index contributed by atoms with van der Waals surface area (Å²) in [6.07, 6.45) is 0. The van der Waals surface area contributed by atoms with Crippen molar-refractivity contribution >= 4 is 32.4 Å². The Morgan fingerprint density at radius 3 is 2.17 bits per heavy atom. The zero-order valence-electron chi connectivity index (χ0n) is 6.57. The van der Waals surface area contributed by atoms with E-state index < -0.39 is 9.84 Å². The van der Waals surface area contributed by atoms with Crippen molar-refractivity contribution in [2.75, 3.05) is 0 Å². The van der Waals surface area contributed by atoms with Crippen LogP contribution in [0.2, 0.25) is 0 Å². The Bertz CT molecular complexity index is 343. The lowest BCUT2D eigenvalue weighted by atomic mass is 10.4. The van der Waals surface area contributed by atoms with Crippen LogP contribution in [0.4, 0.5) is 0 Å². The summed E-state index contributed by atoms with van der Waals surface area (Å²) in [7, 11) is -3.09. The fourth-order valence-electron chi connectivity index (χ4n) is 0.798. The van der Waals surface area contributed by atoms with Gasteiger partial charge in [0.2, 0.25) is 0 Å². The van der Waals surface area contributed by atoms with Crippen LogP contribution in [0.1, 0.15) is 6.92 Å². The highest BCUT2D eigenvalue weighted by atomic mass is 127. The molecule has 0 aromatic heterocycles. The number of sulfone groups is 1. The number of benzene rings is 1. The van der Waals surface area contributed by atoms with Gasteiger partial charge in [0.1, 0.15) is 3.26 Å². The van der Waals surface area contributed by atoms with E-state index >= 15 is 0 Å². The van der Waals surface area contributed by atoms with Gasteiger partial charge in [-0.1, -0.05) is 40.8 Å². The lowest BCUT2D eigenvalue weighted by Crippen LogP contribution is -2.10. The van der Waals surface area contributed by atoms with Crippen LogP contribution in [0.5, 0.6) is 0 Å². The smallest absolute Gasteiger partial charge is 0.190 e. The van der Waals surface area contributed by atoms with Crippen LogP contribution < -0.4 is 0 Å². The number of halogens is 1. The van der Waals surface area contributed by atoms with Crippen LogP contribution in [0.3, 0.4) is 0 Å². The first-order valence-electron chi connectivity index (χ1n) is 3.48. The molecule has 0 radical (unpaired) electrons. The van der Waals surface area contributed by atoms with Gasteiger partial charge in [-0.15, -0.1) is 0 Å². The molecule has 0 aliphatic heterocycles. The van der Waals surface area contributed by atoms with Gasteiger partial charge >= 0.3 is 0 Å². The summed E-state index contributed by atoms with van der Waals surface area (Å²) in [4.78, 5) is 0.395. The second-order valence-electron chi connectivity index (χ2n) is 2.40. The van der Waals surface area contributed by atoms with Gasteiger partial charge in [0.05, 0.1) is 4.90 Å². The first-order chi connectivity index (χ1) is 5.55. The molecule has 66 valence electrons. The normalized spacial score (nSPS) is 14.2. The monoisotopic (exact) mass is 296 g/mol. The highest BCUT2D eigenvalue weighted by Crippen LogP contribution is 2.19. The molecular formula is C8H9IO2S. The Balaban J connectivity index is 3.17. The Morgan fingerprint density at radius 1 is 1.25 bits per heavy atom. The number of rotatable bonds is 2. The highest BCUT2D eigenvalue weighted by molar-refractivity contribution is 14.1. The van der Waals surface area contributed by atoms with Crippen LogP contribution in [0.25, 0.3) is 0 Å². The lowest BCUT2D eigenvalue weighted by molar-refractivity contribution is 0.596. The summed E-state index contributed by atoms with van der Waals surface area (Å²) < 4.78 is 22.7. The molecule has 0 saturated carbocycles. The van der Waals surface area contributed by atoms with Gasteiger partial charge in [0.25, 0.3) is 0 Å². The molecule has 1 rings (SSSR count). The minimum absolute atomic E-state index is 0.377. The Kier molecular flexibility index (Phi) is 3.11.